The van der Waals surface area contributed by atoms with Gasteiger partial charge in [-0.3, -0.25) is 9.59 Å². The summed E-state index contributed by atoms with van der Waals surface area (Å²) in [5.41, 5.74) is 1.49. The Hall–Kier alpha value is -4.03. The predicted octanol–water partition coefficient (Wildman–Crippen LogP) is 2.46. The highest BCUT2D eigenvalue weighted by Crippen LogP contribution is 2.22. The van der Waals surface area contributed by atoms with Gasteiger partial charge in [0, 0.05) is 56.4 Å². The maximum atomic E-state index is 12.5. The summed E-state index contributed by atoms with van der Waals surface area (Å²) in [6, 6.07) is 17.0. The highest BCUT2D eigenvalue weighted by molar-refractivity contribution is 7.89. The Kier molecular flexibility index (Phi) is 8.87. The lowest BCUT2D eigenvalue weighted by molar-refractivity contribution is -0.165. The van der Waals surface area contributed by atoms with Crippen molar-refractivity contribution in [1.29, 1.82) is 0 Å². The second-order valence-corrected chi connectivity index (χ2v) is 10.7. The molecule has 11 nitrogen and oxygen atoms in total. The van der Waals surface area contributed by atoms with Crippen molar-refractivity contribution >= 4 is 33.5 Å². The lowest BCUT2D eigenvalue weighted by Gasteiger charge is -2.34. The minimum absolute atomic E-state index is 0.00425. The largest absolute Gasteiger partial charge is 0.371 e. The van der Waals surface area contributed by atoms with Crippen LogP contribution in [-0.4, -0.2) is 67.5 Å². The van der Waals surface area contributed by atoms with Gasteiger partial charge in [-0.2, -0.15) is 0 Å². The van der Waals surface area contributed by atoms with Crippen LogP contribution >= 0.6 is 0 Å². The standard InChI is InChI=1S/C26H30N6O5S/c1-31(38(35,36)23-6-3-2-4-7-23)37-24(33)12-17-27-25(34)20-8-10-22(11-9-20)32-18-13-21(14-19-32)30-26-28-15-5-16-29-26/h2-11,15-16,21H,12-14,17-19H2,1H3,(H,27,34)(H,28,29,30). The van der Waals surface area contributed by atoms with Crippen LogP contribution in [0.5, 0.6) is 0 Å². The minimum Gasteiger partial charge on any atom is -0.371 e. The smallest absolute Gasteiger partial charge is 0.328 e. The van der Waals surface area contributed by atoms with Crippen LogP contribution < -0.4 is 15.5 Å². The van der Waals surface area contributed by atoms with Crippen molar-refractivity contribution < 1.29 is 22.8 Å². The molecule has 1 fully saturated rings. The Balaban J connectivity index is 1.19. The summed E-state index contributed by atoms with van der Waals surface area (Å²) in [6.45, 7) is 1.74. The number of nitrogens with one attached hydrogen (secondary N) is 2. The summed E-state index contributed by atoms with van der Waals surface area (Å²) in [7, 11) is -2.81. The van der Waals surface area contributed by atoms with Crippen molar-refractivity contribution in [1.82, 2.24) is 19.8 Å². The van der Waals surface area contributed by atoms with E-state index in [0.717, 1.165) is 38.7 Å². The molecular weight excluding hydrogens is 508 g/mol. The van der Waals surface area contributed by atoms with Crippen LogP contribution in [0.25, 0.3) is 0 Å². The Morgan fingerprint density at radius 3 is 2.32 bits per heavy atom. The van der Waals surface area contributed by atoms with Gasteiger partial charge in [-0.15, -0.1) is 0 Å². The number of nitrogens with zero attached hydrogens (tertiary/aromatic N) is 4. The number of amides is 1. The van der Waals surface area contributed by atoms with Gasteiger partial charge >= 0.3 is 5.97 Å². The first kappa shape index (κ1) is 27.0. The molecule has 0 bridgehead atoms. The van der Waals surface area contributed by atoms with Crippen molar-refractivity contribution in [3.05, 3.63) is 78.6 Å². The van der Waals surface area contributed by atoms with Crippen molar-refractivity contribution in [2.24, 2.45) is 0 Å². The molecule has 1 aliphatic heterocycles. The third-order valence-electron chi connectivity index (χ3n) is 6.11. The van der Waals surface area contributed by atoms with E-state index in [1.807, 2.05) is 12.1 Å². The maximum absolute atomic E-state index is 12.5. The van der Waals surface area contributed by atoms with Gasteiger partial charge in [0.2, 0.25) is 5.95 Å². The van der Waals surface area contributed by atoms with Crippen LogP contribution in [0.1, 0.15) is 29.6 Å². The van der Waals surface area contributed by atoms with E-state index in [4.69, 9.17) is 4.84 Å². The van der Waals surface area contributed by atoms with E-state index in [1.54, 1.807) is 48.8 Å². The summed E-state index contributed by atoms with van der Waals surface area (Å²) in [4.78, 5) is 40.2. The fourth-order valence-corrected chi connectivity index (χ4v) is 5.00. The summed E-state index contributed by atoms with van der Waals surface area (Å²) in [5.74, 6) is -0.474. The number of carbonyl (C=O) groups is 2. The van der Waals surface area contributed by atoms with Gasteiger partial charge in [-0.05, 0) is 59.8 Å². The number of rotatable bonds is 10. The van der Waals surface area contributed by atoms with E-state index in [1.165, 1.54) is 12.1 Å². The quantitative estimate of drug-likeness (QED) is 0.373. The highest BCUT2D eigenvalue weighted by atomic mass is 32.2. The molecule has 200 valence electrons. The van der Waals surface area contributed by atoms with Gasteiger partial charge in [0.05, 0.1) is 11.3 Å². The monoisotopic (exact) mass is 538 g/mol. The van der Waals surface area contributed by atoms with Crippen molar-refractivity contribution in [3.8, 4) is 0 Å². The number of carbonyl (C=O) groups excluding carboxylic acids is 2. The first-order valence-electron chi connectivity index (χ1n) is 12.2. The van der Waals surface area contributed by atoms with Crippen molar-refractivity contribution in [2.75, 3.05) is 36.9 Å². The lowest BCUT2D eigenvalue weighted by Crippen LogP contribution is -2.39. The van der Waals surface area contributed by atoms with Crippen LogP contribution in [-0.2, 0) is 19.7 Å². The molecule has 4 rings (SSSR count). The molecule has 0 aliphatic carbocycles. The van der Waals surface area contributed by atoms with Gasteiger partial charge < -0.3 is 20.4 Å². The molecular formula is C26H30N6O5S. The molecule has 2 N–H and O–H groups in total. The van der Waals surface area contributed by atoms with Gasteiger partial charge in [0.1, 0.15) is 0 Å². The second kappa shape index (κ2) is 12.5. The zero-order valence-corrected chi connectivity index (χ0v) is 21.8. The highest BCUT2D eigenvalue weighted by Gasteiger charge is 2.24. The van der Waals surface area contributed by atoms with Crippen LogP contribution in [0, 0.1) is 0 Å². The average Bonchev–Trinajstić information content (AvgIpc) is 2.94. The fraction of sp³-hybridized carbons (Fsp3) is 0.308. The zero-order chi connectivity index (χ0) is 27.0. The average molecular weight is 539 g/mol. The minimum atomic E-state index is -3.96. The summed E-state index contributed by atoms with van der Waals surface area (Å²) < 4.78 is 25.4. The Labute approximate surface area is 221 Å². The molecule has 12 heteroatoms. The fourth-order valence-electron chi connectivity index (χ4n) is 4.02. The van der Waals surface area contributed by atoms with E-state index in [9.17, 15) is 18.0 Å². The van der Waals surface area contributed by atoms with Gasteiger partial charge in [-0.1, -0.05) is 18.2 Å². The topological polar surface area (TPSA) is 134 Å². The Morgan fingerprint density at radius 1 is 1.00 bits per heavy atom. The Morgan fingerprint density at radius 2 is 1.66 bits per heavy atom. The molecule has 0 radical (unpaired) electrons. The molecule has 38 heavy (non-hydrogen) atoms. The van der Waals surface area contributed by atoms with Gasteiger partial charge in [-0.25, -0.2) is 18.4 Å². The van der Waals surface area contributed by atoms with E-state index < -0.39 is 16.0 Å². The van der Waals surface area contributed by atoms with Crippen LogP contribution in [0.2, 0.25) is 0 Å². The lowest BCUT2D eigenvalue weighted by atomic mass is 10.0. The second-order valence-electron chi connectivity index (χ2n) is 8.72. The summed E-state index contributed by atoms with van der Waals surface area (Å²) >= 11 is 0. The number of sulfonamides is 1. The summed E-state index contributed by atoms with van der Waals surface area (Å²) in [6.07, 6.45) is 5.13. The van der Waals surface area contributed by atoms with Gasteiger partial charge in [0.15, 0.2) is 0 Å². The number of aromatic nitrogens is 2. The molecule has 1 aromatic heterocycles. The molecule has 2 heterocycles. The van der Waals surface area contributed by atoms with Gasteiger partial charge in [0.25, 0.3) is 15.9 Å². The van der Waals surface area contributed by atoms with E-state index >= 15 is 0 Å². The molecule has 2 aromatic carbocycles. The molecule has 1 saturated heterocycles. The molecule has 0 spiro atoms. The zero-order valence-electron chi connectivity index (χ0n) is 21.0. The molecule has 3 aromatic rings. The molecule has 0 atom stereocenters. The number of anilines is 2. The predicted molar refractivity (Wildman–Crippen MR) is 142 cm³/mol. The third kappa shape index (κ3) is 7.05. The van der Waals surface area contributed by atoms with Crippen LogP contribution in [0.4, 0.5) is 11.6 Å². The molecule has 1 amide bonds. The normalized spacial score (nSPS) is 14.2. The SMILES string of the molecule is CN(OC(=O)CCNC(=O)c1ccc(N2CCC(Nc3ncccn3)CC2)cc1)S(=O)(=O)c1ccccc1. The number of hydrogen-bond acceptors (Lipinski definition) is 9. The van der Waals surface area contributed by atoms with Crippen LogP contribution in [0.3, 0.4) is 0 Å². The van der Waals surface area contributed by atoms with Crippen molar-refractivity contribution in [2.45, 2.75) is 30.2 Å². The van der Waals surface area contributed by atoms with E-state index in [2.05, 4.69) is 25.5 Å². The molecule has 0 saturated carbocycles. The van der Waals surface area contributed by atoms with Crippen LogP contribution in [0.15, 0.2) is 78.0 Å². The first-order chi connectivity index (χ1) is 18.3. The Bertz CT molecular complexity index is 1320. The number of hydroxylamine groups is 1. The maximum Gasteiger partial charge on any atom is 0.328 e. The molecule has 0 unspecified atom stereocenters. The van der Waals surface area contributed by atoms with E-state index in [0.29, 0.717) is 22.0 Å². The first-order valence-corrected chi connectivity index (χ1v) is 13.7. The molecule has 1 aliphatic rings. The number of piperidine rings is 1. The number of hydrogen-bond donors (Lipinski definition) is 2. The summed E-state index contributed by atoms with van der Waals surface area (Å²) in [5, 5.41) is 6.02. The van der Waals surface area contributed by atoms with Crippen molar-refractivity contribution in [3.63, 3.8) is 0 Å². The van der Waals surface area contributed by atoms with E-state index in [-0.39, 0.29) is 23.8 Å². The number of benzene rings is 2. The third-order valence-corrected chi connectivity index (χ3v) is 7.73.